The molecule has 0 fully saturated rings. The summed E-state index contributed by atoms with van der Waals surface area (Å²) in [5.74, 6) is 0. The molecule has 4 aromatic rings. The van der Waals surface area contributed by atoms with Crippen LogP contribution in [0.25, 0.3) is 0 Å². The molecule has 0 saturated heterocycles. The third-order valence-corrected chi connectivity index (χ3v) is 14.3. The average molecular weight is 542 g/mol. The van der Waals surface area contributed by atoms with Gasteiger partial charge in [0.25, 0.3) is 0 Å². The molecule has 0 aliphatic carbocycles. The molecular formula is C25H21AsClNO6. The Morgan fingerprint density at radius 3 is 1.21 bits per heavy atom. The van der Waals surface area contributed by atoms with E-state index < -0.39 is 23.8 Å². The van der Waals surface area contributed by atoms with Crippen molar-refractivity contribution in [2.75, 3.05) is 0 Å². The van der Waals surface area contributed by atoms with Crippen LogP contribution in [-0.2, 0) is 5.21 Å². The SMILES string of the molecule is O=[N+]([O-])c1ccc(C[As+](c2ccccc2)(c2ccccc2)c2ccccc2)cc1.[O-][Cl+3]([O-])([O-])[O-]. The van der Waals surface area contributed by atoms with Gasteiger partial charge in [-0.05, 0) is 0 Å². The molecule has 0 heterocycles. The first-order chi connectivity index (χ1) is 16.2. The molecule has 0 N–H and O–H groups in total. The molecule has 0 bridgehead atoms. The Hall–Kier alpha value is -3.03. The maximum Gasteiger partial charge on any atom is -0.112 e. The van der Waals surface area contributed by atoms with E-state index in [1.807, 2.05) is 12.1 Å². The predicted molar refractivity (Wildman–Crippen MR) is 121 cm³/mol. The van der Waals surface area contributed by atoms with E-state index in [9.17, 15) is 10.1 Å². The van der Waals surface area contributed by atoms with Crippen LogP contribution in [0.15, 0.2) is 115 Å². The average Bonchev–Trinajstić information content (AvgIpc) is 2.83. The van der Waals surface area contributed by atoms with Gasteiger partial charge in [0.15, 0.2) is 0 Å². The normalized spacial score (nSPS) is 11.3. The van der Waals surface area contributed by atoms with Crippen LogP contribution in [0.2, 0.25) is 0 Å². The van der Waals surface area contributed by atoms with Gasteiger partial charge in [0.2, 0.25) is 0 Å². The van der Waals surface area contributed by atoms with Crippen molar-refractivity contribution in [3.63, 3.8) is 0 Å². The topological polar surface area (TPSA) is 135 Å². The first kappa shape index (κ1) is 25.6. The van der Waals surface area contributed by atoms with Crippen molar-refractivity contribution in [3.8, 4) is 0 Å². The van der Waals surface area contributed by atoms with E-state index in [1.54, 1.807) is 12.1 Å². The van der Waals surface area contributed by atoms with Crippen LogP contribution in [0, 0.1) is 20.4 Å². The van der Waals surface area contributed by atoms with E-state index in [1.165, 1.54) is 13.1 Å². The molecule has 0 aromatic heterocycles. The van der Waals surface area contributed by atoms with Gasteiger partial charge in [0.1, 0.15) is 0 Å². The van der Waals surface area contributed by atoms with Gasteiger partial charge in [0.05, 0.1) is 0 Å². The van der Waals surface area contributed by atoms with Crippen molar-refractivity contribution in [1.29, 1.82) is 0 Å². The summed E-state index contributed by atoms with van der Waals surface area (Å²) in [7, 11) is -4.94. The van der Waals surface area contributed by atoms with Crippen molar-refractivity contribution >= 4 is 32.3 Å². The molecular weight excluding hydrogens is 521 g/mol. The fraction of sp³-hybridized carbons (Fsp3) is 0.0400. The molecule has 0 aliphatic heterocycles. The molecule has 0 aliphatic rings. The van der Waals surface area contributed by atoms with Crippen molar-refractivity contribution in [2.24, 2.45) is 0 Å². The van der Waals surface area contributed by atoms with E-state index in [-0.39, 0.29) is 10.6 Å². The summed E-state index contributed by atoms with van der Waals surface area (Å²) in [4.78, 5) is 10.7. The Morgan fingerprint density at radius 1 is 0.588 bits per heavy atom. The largest absolute Gasteiger partial charge is 0.222 e. The van der Waals surface area contributed by atoms with Gasteiger partial charge >= 0.3 is 173 Å². The summed E-state index contributed by atoms with van der Waals surface area (Å²) in [6.07, 6.45) is 0. The Labute approximate surface area is 201 Å². The maximum absolute atomic E-state index is 11.1. The molecule has 4 rings (SSSR count). The van der Waals surface area contributed by atoms with E-state index in [0.29, 0.717) is 0 Å². The van der Waals surface area contributed by atoms with Crippen LogP contribution in [-0.4, -0.2) is 18.5 Å². The van der Waals surface area contributed by atoms with Crippen molar-refractivity contribution in [2.45, 2.75) is 5.21 Å². The predicted octanol–water partition coefficient (Wildman–Crippen LogP) is -0.909. The fourth-order valence-electron chi connectivity index (χ4n) is 3.77. The zero-order valence-electron chi connectivity index (χ0n) is 17.9. The van der Waals surface area contributed by atoms with Gasteiger partial charge in [0, 0.05) is 0 Å². The third-order valence-electron chi connectivity index (χ3n) is 5.16. The Morgan fingerprint density at radius 2 is 0.912 bits per heavy atom. The van der Waals surface area contributed by atoms with Crippen LogP contribution in [0.4, 0.5) is 5.69 Å². The van der Waals surface area contributed by atoms with Crippen LogP contribution in [0.1, 0.15) is 5.56 Å². The quantitative estimate of drug-likeness (QED) is 0.176. The van der Waals surface area contributed by atoms with Crippen molar-refractivity contribution in [1.82, 2.24) is 0 Å². The number of nitro groups is 1. The number of hydrogen-bond acceptors (Lipinski definition) is 6. The molecule has 0 saturated carbocycles. The van der Waals surface area contributed by atoms with Crippen LogP contribution in [0.3, 0.4) is 0 Å². The monoisotopic (exact) mass is 541 g/mol. The fourth-order valence-corrected chi connectivity index (χ4v) is 12.7. The third kappa shape index (κ3) is 6.74. The molecule has 174 valence electrons. The van der Waals surface area contributed by atoms with Gasteiger partial charge < -0.3 is 0 Å². The zero-order chi connectivity index (χ0) is 24.6. The number of non-ortho nitro benzene ring substituents is 1. The van der Waals surface area contributed by atoms with E-state index >= 15 is 0 Å². The van der Waals surface area contributed by atoms with Gasteiger partial charge in [-0.3, -0.25) is 0 Å². The molecule has 0 atom stereocenters. The minimum Gasteiger partial charge on any atom is -0.222 e. The first-order valence-electron chi connectivity index (χ1n) is 10.1. The summed E-state index contributed by atoms with van der Waals surface area (Å²) in [6.45, 7) is 0. The summed E-state index contributed by atoms with van der Waals surface area (Å²) >= 11 is -2.85. The number of halogens is 1. The van der Waals surface area contributed by atoms with Gasteiger partial charge in [-0.15, -0.1) is 10.2 Å². The second-order valence-corrected chi connectivity index (χ2v) is 15.3. The molecule has 34 heavy (non-hydrogen) atoms. The molecule has 9 heteroatoms. The van der Waals surface area contributed by atoms with E-state index in [4.69, 9.17) is 18.6 Å². The molecule has 0 unspecified atom stereocenters. The Bertz CT molecular complexity index is 1080. The first-order valence-corrected chi connectivity index (χ1v) is 15.5. The number of benzene rings is 4. The Balaban J connectivity index is 0.000000588. The second-order valence-electron chi connectivity index (χ2n) is 7.28. The van der Waals surface area contributed by atoms with E-state index in [0.717, 1.165) is 10.8 Å². The zero-order valence-corrected chi connectivity index (χ0v) is 20.5. The molecule has 0 amide bonds. The number of rotatable bonds is 6. The van der Waals surface area contributed by atoms with Crippen LogP contribution < -0.4 is 31.7 Å². The van der Waals surface area contributed by atoms with Crippen molar-refractivity contribution < 1.29 is 33.8 Å². The molecule has 7 nitrogen and oxygen atoms in total. The smallest absolute Gasteiger partial charge is 0.112 e. The minimum atomic E-state index is -4.94. The van der Waals surface area contributed by atoms with Gasteiger partial charge in [-0.2, -0.15) is 0 Å². The summed E-state index contributed by atoms with van der Waals surface area (Å²) in [5.41, 5.74) is 1.25. The number of nitro benzene ring substituents is 1. The molecule has 0 spiro atoms. The van der Waals surface area contributed by atoms with Crippen LogP contribution >= 0.6 is 0 Å². The molecule has 0 radical (unpaired) electrons. The summed E-state index contributed by atoms with van der Waals surface area (Å²) in [6, 6.07) is 39.2. The number of nitrogens with zero attached hydrogens (tertiary/aromatic N) is 1. The minimum absolute atomic E-state index is 0.129. The van der Waals surface area contributed by atoms with Crippen molar-refractivity contribution in [3.05, 3.63) is 131 Å². The maximum atomic E-state index is 11.1. The second kappa shape index (κ2) is 11.4. The van der Waals surface area contributed by atoms with Crippen LogP contribution in [0.5, 0.6) is 0 Å². The molecule has 4 aromatic carbocycles. The Kier molecular flexibility index (Phi) is 8.58. The van der Waals surface area contributed by atoms with E-state index in [2.05, 4.69) is 91.0 Å². The summed E-state index contributed by atoms with van der Waals surface area (Å²) < 4.78 is 38.1. The number of hydrogen-bond donors (Lipinski definition) is 0. The van der Waals surface area contributed by atoms with Gasteiger partial charge in [-0.25, -0.2) is 18.6 Å². The van der Waals surface area contributed by atoms with Gasteiger partial charge in [-0.1, -0.05) is 0 Å². The standard InChI is InChI=1S/C25H21AsNO2.ClHO4/c28-27(29)25-18-16-21(17-19-25)20-26(22-10-4-1-5-11-22,23-12-6-2-7-13-23)24-14-8-3-9-15-24;2-1(3,4)5/h1-19H,20H2;(H,2,3,4,5)/q+1;/p-1. The summed E-state index contributed by atoms with van der Waals surface area (Å²) in [5, 5.41) is 11.9.